The van der Waals surface area contributed by atoms with Gasteiger partial charge in [-0.3, -0.25) is 28.8 Å². The highest BCUT2D eigenvalue weighted by atomic mass is 16.6. The number of carbonyl (C=O) groups is 6. The standard InChI is InChI=1S/C18H24O12/c1-25-8(19)7-18(17(24)30-6)11(15(22)28-4)9(13(20)26-2)10(14(21)27-3)12(18)16(23)29-5/h9-12H,7H2,1-6H3. The van der Waals surface area contributed by atoms with Crippen molar-refractivity contribution >= 4 is 35.8 Å². The summed E-state index contributed by atoms with van der Waals surface area (Å²) in [4.78, 5) is 76.0. The Hall–Kier alpha value is -3.18. The second-order valence-corrected chi connectivity index (χ2v) is 6.38. The summed E-state index contributed by atoms with van der Waals surface area (Å²) < 4.78 is 28.3. The Bertz CT molecular complexity index is 685. The van der Waals surface area contributed by atoms with E-state index in [-0.39, 0.29) is 0 Å². The number of ether oxygens (including phenoxy) is 6. The molecule has 1 aliphatic rings. The third-order valence-corrected chi connectivity index (χ3v) is 5.30. The van der Waals surface area contributed by atoms with Crippen molar-refractivity contribution in [2.45, 2.75) is 6.42 Å². The van der Waals surface area contributed by atoms with E-state index in [4.69, 9.17) is 23.7 Å². The summed E-state index contributed by atoms with van der Waals surface area (Å²) in [6, 6.07) is 0. The molecule has 0 saturated heterocycles. The molecule has 0 heterocycles. The molecule has 0 aromatic heterocycles. The fourth-order valence-electron chi connectivity index (χ4n) is 4.10. The van der Waals surface area contributed by atoms with Gasteiger partial charge in [-0.1, -0.05) is 0 Å². The maximum Gasteiger partial charge on any atom is 0.314 e. The molecule has 0 radical (unpaired) electrons. The highest BCUT2D eigenvalue weighted by Crippen LogP contribution is 2.58. The lowest BCUT2D eigenvalue weighted by Crippen LogP contribution is -2.50. The zero-order valence-electron chi connectivity index (χ0n) is 17.4. The second-order valence-electron chi connectivity index (χ2n) is 6.38. The first-order valence-electron chi connectivity index (χ1n) is 8.59. The van der Waals surface area contributed by atoms with Gasteiger partial charge < -0.3 is 28.4 Å². The van der Waals surface area contributed by atoms with Crippen LogP contribution >= 0.6 is 0 Å². The van der Waals surface area contributed by atoms with Crippen molar-refractivity contribution < 1.29 is 57.2 Å². The van der Waals surface area contributed by atoms with Crippen LogP contribution in [0, 0.1) is 29.1 Å². The normalized spacial score (nSPS) is 27.4. The van der Waals surface area contributed by atoms with Crippen molar-refractivity contribution in [2.75, 3.05) is 42.7 Å². The van der Waals surface area contributed by atoms with E-state index in [1.807, 2.05) is 0 Å². The molecule has 4 atom stereocenters. The highest BCUT2D eigenvalue weighted by Gasteiger charge is 2.74. The van der Waals surface area contributed by atoms with E-state index in [2.05, 4.69) is 4.74 Å². The molecule has 1 saturated carbocycles. The molecule has 0 spiro atoms. The number of carbonyl (C=O) groups excluding carboxylic acids is 6. The molecule has 0 N–H and O–H groups in total. The molecule has 168 valence electrons. The number of hydrogen-bond donors (Lipinski definition) is 0. The fraction of sp³-hybridized carbons (Fsp3) is 0.667. The van der Waals surface area contributed by atoms with Gasteiger partial charge >= 0.3 is 35.8 Å². The van der Waals surface area contributed by atoms with E-state index in [1.165, 1.54) is 0 Å². The Morgan fingerprint density at radius 1 is 0.567 bits per heavy atom. The van der Waals surface area contributed by atoms with Gasteiger partial charge in [0.2, 0.25) is 0 Å². The molecule has 4 unspecified atom stereocenters. The summed E-state index contributed by atoms with van der Waals surface area (Å²) in [5.41, 5.74) is -2.38. The van der Waals surface area contributed by atoms with Crippen molar-refractivity contribution in [2.24, 2.45) is 29.1 Å². The van der Waals surface area contributed by atoms with E-state index in [1.54, 1.807) is 0 Å². The van der Waals surface area contributed by atoms with Crippen LogP contribution in [0.25, 0.3) is 0 Å². The first kappa shape index (κ1) is 24.9. The van der Waals surface area contributed by atoms with Crippen LogP contribution in [0.3, 0.4) is 0 Å². The molecule has 1 aliphatic carbocycles. The Labute approximate surface area is 172 Å². The van der Waals surface area contributed by atoms with E-state index in [9.17, 15) is 28.8 Å². The first-order chi connectivity index (χ1) is 14.1. The molecule has 0 amide bonds. The van der Waals surface area contributed by atoms with Crippen LogP contribution in [0.15, 0.2) is 0 Å². The van der Waals surface area contributed by atoms with Crippen molar-refractivity contribution in [1.82, 2.24) is 0 Å². The number of rotatable bonds is 7. The third-order valence-electron chi connectivity index (χ3n) is 5.30. The van der Waals surface area contributed by atoms with Gasteiger partial charge in [0.1, 0.15) is 5.41 Å². The van der Waals surface area contributed by atoms with Gasteiger partial charge in [-0.2, -0.15) is 0 Å². The predicted molar refractivity (Wildman–Crippen MR) is 93.1 cm³/mol. The minimum Gasteiger partial charge on any atom is -0.469 e. The molecule has 12 nitrogen and oxygen atoms in total. The smallest absolute Gasteiger partial charge is 0.314 e. The molecule has 0 bridgehead atoms. The van der Waals surface area contributed by atoms with E-state index in [0.29, 0.717) is 0 Å². The van der Waals surface area contributed by atoms with Gasteiger partial charge in [-0.25, -0.2) is 0 Å². The third kappa shape index (κ3) is 3.94. The lowest BCUT2D eigenvalue weighted by molar-refractivity contribution is -0.179. The summed E-state index contributed by atoms with van der Waals surface area (Å²) in [5.74, 6) is -13.8. The van der Waals surface area contributed by atoms with Crippen molar-refractivity contribution in [3.8, 4) is 0 Å². The van der Waals surface area contributed by atoms with Crippen LogP contribution < -0.4 is 0 Å². The Morgan fingerprint density at radius 2 is 0.933 bits per heavy atom. The molecule has 0 aromatic carbocycles. The second kappa shape index (κ2) is 10.0. The summed E-state index contributed by atoms with van der Waals surface area (Å²) >= 11 is 0. The van der Waals surface area contributed by atoms with Gasteiger partial charge in [0.25, 0.3) is 0 Å². The molecule has 0 aliphatic heterocycles. The van der Waals surface area contributed by atoms with Crippen LogP contribution in [0.5, 0.6) is 0 Å². The maximum absolute atomic E-state index is 13.0. The van der Waals surface area contributed by atoms with Gasteiger partial charge in [0.15, 0.2) is 0 Å². The summed E-state index contributed by atoms with van der Waals surface area (Å²) in [6.45, 7) is 0. The summed E-state index contributed by atoms with van der Waals surface area (Å²) in [6.07, 6.45) is -0.892. The first-order valence-corrected chi connectivity index (χ1v) is 8.59. The Kier molecular flexibility index (Phi) is 8.31. The summed E-state index contributed by atoms with van der Waals surface area (Å²) in [5, 5.41) is 0. The molecule has 30 heavy (non-hydrogen) atoms. The predicted octanol–water partition coefficient (Wildman–Crippen LogP) is -1.12. The zero-order valence-corrected chi connectivity index (χ0v) is 17.4. The van der Waals surface area contributed by atoms with Crippen molar-refractivity contribution in [3.05, 3.63) is 0 Å². The monoisotopic (exact) mass is 432 g/mol. The highest BCUT2D eigenvalue weighted by molar-refractivity contribution is 6.01. The van der Waals surface area contributed by atoms with Crippen LogP contribution in [-0.2, 0) is 57.2 Å². The minimum absolute atomic E-state index is 0.892. The van der Waals surface area contributed by atoms with E-state index in [0.717, 1.165) is 42.7 Å². The Morgan fingerprint density at radius 3 is 1.20 bits per heavy atom. The van der Waals surface area contributed by atoms with E-state index >= 15 is 0 Å². The Balaban J connectivity index is 4.06. The molecular formula is C18H24O12. The lowest BCUT2D eigenvalue weighted by atomic mass is 9.67. The fourth-order valence-corrected chi connectivity index (χ4v) is 4.10. The molecule has 1 fully saturated rings. The number of methoxy groups -OCH3 is 6. The largest absolute Gasteiger partial charge is 0.469 e. The van der Waals surface area contributed by atoms with Gasteiger partial charge in [0, 0.05) is 0 Å². The van der Waals surface area contributed by atoms with Crippen LogP contribution in [-0.4, -0.2) is 78.5 Å². The van der Waals surface area contributed by atoms with Gasteiger partial charge in [-0.15, -0.1) is 0 Å². The average Bonchev–Trinajstić information content (AvgIpc) is 3.07. The van der Waals surface area contributed by atoms with Crippen LogP contribution in [0.4, 0.5) is 0 Å². The minimum atomic E-state index is -2.38. The number of hydrogen-bond acceptors (Lipinski definition) is 12. The lowest BCUT2D eigenvalue weighted by Gasteiger charge is -2.34. The number of esters is 6. The van der Waals surface area contributed by atoms with Crippen molar-refractivity contribution in [3.63, 3.8) is 0 Å². The SMILES string of the molecule is COC(=O)CC1(C(=O)OC)C(C(=O)OC)C(C(=O)OC)C(C(=O)OC)C1C(=O)OC. The average molecular weight is 432 g/mol. The molecule has 1 rings (SSSR count). The zero-order chi connectivity index (χ0) is 23.2. The quantitative estimate of drug-likeness (QED) is 0.353. The van der Waals surface area contributed by atoms with Gasteiger partial charge in [-0.05, 0) is 0 Å². The molecular weight excluding hydrogens is 408 g/mol. The van der Waals surface area contributed by atoms with Crippen LogP contribution in [0.2, 0.25) is 0 Å². The van der Waals surface area contributed by atoms with Crippen molar-refractivity contribution in [1.29, 1.82) is 0 Å². The summed E-state index contributed by atoms with van der Waals surface area (Å²) in [7, 11) is 5.86. The maximum atomic E-state index is 13.0. The van der Waals surface area contributed by atoms with Gasteiger partial charge in [0.05, 0.1) is 72.8 Å². The molecule has 12 heteroatoms. The topological polar surface area (TPSA) is 158 Å². The van der Waals surface area contributed by atoms with E-state index < -0.39 is 71.3 Å². The van der Waals surface area contributed by atoms with Crippen LogP contribution in [0.1, 0.15) is 6.42 Å². The molecule has 0 aromatic rings.